The van der Waals surface area contributed by atoms with Crippen LogP contribution in [0.15, 0.2) is 158 Å². The highest BCUT2D eigenvalue weighted by Crippen LogP contribution is 2.23. The number of hydrogen-bond donors (Lipinski definition) is 0. The van der Waals surface area contributed by atoms with Crippen LogP contribution in [0.5, 0.6) is 0 Å². The summed E-state index contributed by atoms with van der Waals surface area (Å²) >= 11 is 0. The Kier molecular flexibility index (Phi) is 9.69. The normalized spacial score (nSPS) is 11.5. The first-order chi connectivity index (χ1) is 21.8. The van der Waals surface area contributed by atoms with Crippen molar-refractivity contribution in [3.8, 4) is 0 Å². The fraction of sp³-hybridized carbons (Fsp3) is 0.175. The Morgan fingerprint density at radius 2 is 1.11 bits per heavy atom. The Labute approximate surface area is 264 Å². The third kappa shape index (κ3) is 6.56. The first kappa shape index (κ1) is 29.7. The molecule has 6 rings (SSSR count). The zero-order valence-corrected chi connectivity index (χ0v) is 26.7. The number of rotatable bonds is 13. The summed E-state index contributed by atoms with van der Waals surface area (Å²) in [5, 5.41) is 4.29. The van der Waals surface area contributed by atoms with Crippen molar-refractivity contribution in [2.75, 3.05) is 0 Å². The molecular formula is C40H41BN2Si. The zero-order valence-electron chi connectivity index (χ0n) is 25.7. The highest BCUT2D eigenvalue weighted by Gasteiger charge is 2.40. The van der Waals surface area contributed by atoms with Gasteiger partial charge in [0, 0.05) is 18.6 Å². The number of nitrogens with zero attached hydrogens (tertiary/aromatic N) is 2. The first-order valence-electron chi connectivity index (χ1n) is 16.1. The van der Waals surface area contributed by atoms with E-state index in [2.05, 4.69) is 163 Å². The topological polar surface area (TPSA) is 17.8 Å². The van der Waals surface area contributed by atoms with E-state index in [9.17, 15) is 0 Å². The number of hydrogen-bond acceptors (Lipinski definition) is 1. The van der Waals surface area contributed by atoms with E-state index in [1.54, 1.807) is 0 Å². The van der Waals surface area contributed by atoms with E-state index < -0.39 is 8.07 Å². The van der Waals surface area contributed by atoms with E-state index in [0.717, 1.165) is 25.6 Å². The van der Waals surface area contributed by atoms with Crippen LogP contribution in [0, 0.1) is 0 Å². The smallest absolute Gasteiger partial charge is 0.217 e. The largest absolute Gasteiger partial charge is 0.345 e. The van der Waals surface area contributed by atoms with Gasteiger partial charge in [-0.25, -0.2) is 0 Å². The number of unbranched alkanes of at least 4 members (excludes halogenated alkanes) is 2. The molecule has 0 atom stereocenters. The SMILES string of the molecule is CCCCCc1ccc([Si](Cn2ccnc2BC(c2ccccc2)c2ccccc2)(c2ccccc2)c2ccccc2)cc1. The van der Waals surface area contributed by atoms with Crippen LogP contribution in [0.3, 0.4) is 0 Å². The predicted molar refractivity (Wildman–Crippen MR) is 191 cm³/mol. The lowest BCUT2D eigenvalue weighted by molar-refractivity contribution is 0.717. The predicted octanol–water partition coefficient (Wildman–Crippen LogP) is 6.18. The van der Waals surface area contributed by atoms with Gasteiger partial charge in [-0.15, -0.1) is 0 Å². The minimum Gasteiger partial charge on any atom is -0.345 e. The van der Waals surface area contributed by atoms with Gasteiger partial charge in [-0.3, -0.25) is 4.98 Å². The van der Waals surface area contributed by atoms with Crippen LogP contribution in [0.4, 0.5) is 0 Å². The van der Waals surface area contributed by atoms with E-state index in [-0.39, 0.29) is 5.82 Å². The third-order valence-corrected chi connectivity index (χ3v) is 13.8. The Morgan fingerprint density at radius 3 is 1.64 bits per heavy atom. The van der Waals surface area contributed by atoms with Gasteiger partial charge in [-0.2, -0.15) is 0 Å². The van der Waals surface area contributed by atoms with Crippen molar-refractivity contribution in [3.05, 3.63) is 175 Å². The van der Waals surface area contributed by atoms with Gasteiger partial charge in [0.15, 0.2) is 8.07 Å². The summed E-state index contributed by atoms with van der Waals surface area (Å²) in [6.07, 6.45) is 10.0. The van der Waals surface area contributed by atoms with Gasteiger partial charge in [0.25, 0.3) is 0 Å². The maximum absolute atomic E-state index is 5.01. The summed E-state index contributed by atoms with van der Waals surface area (Å²) < 4.78 is 2.46. The van der Waals surface area contributed by atoms with Crippen LogP contribution >= 0.6 is 0 Å². The van der Waals surface area contributed by atoms with Crippen molar-refractivity contribution in [2.24, 2.45) is 0 Å². The third-order valence-electron chi connectivity index (χ3n) is 9.05. The van der Waals surface area contributed by atoms with E-state index in [0.29, 0.717) is 0 Å². The van der Waals surface area contributed by atoms with E-state index in [4.69, 9.17) is 4.98 Å². The molecule has 0 fully saturated rings. The zero-order chi connectivity index (χ0) is 30.0. The van der Waals surface area contributed by atoms with Gasteiger partial charge >= 0.3 is 0 Å². The average Bonchev–Trinajstić information content (AvgIpc) is 3.54. The van der Waals surface area contributed by atoms with Gasteiger partial charge in [-0.05, 0) is 50.9 Å². The number of benzene rings is 5. The van der Waals surface area contributed by atoms with Crippen LogP contribution < -0.4 is 21.3 Å². The lowest BCUT2D eigenvalue weighted by atomic mass is 9.58. The van der Waals surface area contributed by atoms with Crippen LogP contribution in [-0.2, 0) is 12.6 Å². The van der Waals surface area contributed by atoms with Crippen molar-refractivity contribution >= 4 is 36.6 Å². The maximum atomic E-state index is 5.01. The van der Waals surface area contributed by atoms with E-state index in [1.165, 1.54) is 51.5 Å². The van der Waals surface area contributed by atoms with Gasteiger partial charge in [0.1, 0.15) is 0 Å². The maximum Gasteiger partial charge on any atom is 0.217 e. The number of aromatic nitrogens is 2. The van der Waals surface area contributed by atoms with E-state index >= 15 is 0 Å². The lowest BCUT2D eigenvalue weighted by Crippen LogP contribution is -2.70. The molecule has 44 heavy (non-hydrogen) atoms. The van der Waals surface area contributed by atoms with Gasteiger partial charge in [0.2, 0.25) is 7.28 Å². The minimum absolute atomic E-state index is 0.227. The molecule has 2 nitrogen and oxygen atoms in total. The molecule has 6 aromatic rings. The first-order valence-corrected chi connectivity index (χ1v) is 18.3. The van der Waals surface area contributed by atoms with Crippen LogP contribution in [0.25, 0.3) is 0 Å². The molecule has 0 saturated heterocycles. The minimum atomic E-state index is -2.51. The van der Waals surface area contributed by atoms with Crippen molar-refractivity contribution in [3.63, 3.8) is 0 Å². The van der Waals surface area contributed by atoms with E-state index in [1.807, 2.05) is 6.20 Å². The van der Waals surface area contributed by atoms with Crippen LogP contribution in [0.2, 0.25) is 0 Å². The molecule has 0 unspecified atom stereocenters. The molecule has 0 saturated carbocycles. The Balaban J connectivity index is 1.44. The fourth-order valence-corrected chi connectivity index (χ4v) is 11.3. The summed E-state index contributed by atoms with van der Waals surface area (Å²) in [6, 6.07) is 53.9. The van der Waals surface area contributed by atoms with Crippen molar-refractivity contribution in [1.29, 1.82) is 0 Å². The molecule has 4 heteroatoms. The highest BCUT2D eigenvalue weighted by molar-refractivity contribution is 7.10. The summed E-state index contributed by atoms with van der Waals surface area (Å²) in [5.74, 6) is 0.227. The number of imidazole rings is 1. The van der Waals surface area contributed by atoms with Crippen LogP contribution in [0.1, 0.15) is 48.7 Å². The molecule has 0 aliphatic carbocycles. The van der Waals surface area contributed by atoms with Crippen LogP contribution in [-0.4, -0.2) is 24.9 Å². The summed E-state index contributed by atoms with van der Waals surface area (Å²) in [6.45, 7) is 2.27. The molecule has 1 heterocycles. The summed E-state index contributed by atoms with van der Waals surface area (Å²) in [4.78, 5) is 5.01. The van der Waals surface area contributed by atoms with Crippen molar-refractivity contribution in [1.82, 2.24) is 9.55 Å². The molecule has 0 N–H and O–H groups in total. The lowest BCUT2D eigenvalue weighted by Gasteiger charge is -2.35. The summed E-state index contributed by atoms with van der Waals surface area (Å²) in [5.41, 5.74) is 5.20. The molecule has 1 aromatic heterocycles. The molecular weight excluding hydrogens is 547 g/mol. The van der Waals surface area contributed by atoms with Gasteiger partial charge in [0.05, 0.1) is 5.72 Å². The molecule has 0 aliphatic rings. The average molecular weight is 589 g/mol. The number of aryl methyl sites for hydroxylation is 1. The molecule has 218 valence electrons. The van der Waals surface area contributed by atoms with Crippen molar-refractivity contribution in [2.45, 2.75) is 44.6 Å². The van der Waals surface area contributed by atoms with Gasteiger partial charge in [-0.1, -0.05) is 165 Å². The quantitative estimate of drug-likeness (QED) is 0.0896. The van der Waals surface area contributed by atoms with Crippen molar-refractivity contribution < 1.29 is 0 Å². The van der Waals surface area contributed by atoms with Gasteiger partial charge < -0.3 is 4.57 Å². The fourth-order valence-electron chi connectivity index (χ4n) is 6.67. The highest BCUT2D eigenvalue weighted by atomic mass is 28.3. The summed E-state index contributed by atoms with van der Waals surface area (Å²) in [7, 11) is -1.67. The molecule has 0 radical (unpaired) electrons. The second-order valence-electron chi connectivity index (χ2n) is 11.8. The molecule has 5 aromatic carbocycles. The second kappa shape index (κ2) is 14.4. The second-order valence-corrected chi connectivity index (χ2v) is 15.7. The monoisotopic (exact) mass is 588 g/mol. The molecule has 0 bridgehead atoms. The molecule has 0 aliphatic heterocycles. The standard InChI is InChI=1S/C40H41BN2Si/c1-2-3-8-17-33-26-28-38(29-27-33)44(36-22-13-6-14-23-36,37-24-15-7-16-25-37)32-43-31-30-42-40(43)41-39(34-18-9-4-10-19-34)35-20-11-5-12-21-35/h4-7,9-16,18-31,39,41H,2-3,8,17,32H2,1H3. The molecule has 0 spiro atoms. The Bertz CT molecular complexity index is 1620. The Morgan fingerprint density at radius 1 is 0.614 bits per heavy atom. The molecule has 0 amide bonds. The Hall–Kier alpha value is -4.41.